The Bertz CT molecular complexity index is 417. The van der Waals surface area contributed by atoms with E-state index in [1.165, 1.54) is 25.3 Å². The molecule has 1 unspecified atom stereocenters. The van der Waals surface area contributed by atoms with Crippen LogP contribution in [0.2, 0.25) is 0 Å². The van der Waals surface area contributed by atoms with Gasteiger partial charge in [0.2, 0.25) is 0 Å². The summed E-state index contributed by atoms with van der Waals surface area (Å²) in [6.07, 6.45) is 4.98. The second kappa shape index (κ2) is 5.91. The number of nitrogens with zero attached hydrogens (tertiary/aromatic N) is 1. The van der Waals surface area contributed by atoms with Gasteiger partial charge in [-0.15, -0.1) is 0 Å². The number of para-hydroxylation sites is 1. The number of likely N-dealkylation sites (N-methyl/N-ethyl adjacent to an activating group) is 1. The van der Waals surface area contributed by atoms with E-state index in [0.29, 0.717) is 12.2 Å². The number of hydrogen-bond acceptors (Lipinski definition) is 2. The summed E-state index contributed by atoms with van der Waals surface area (Å²) in [7, 11) is 0. The lowest BCUT2D eigenvalue weighted by molar-refractivity contribution is 0.229. The molecule has 0 aliphatic heterocycles. The van der Waals surface area contributed by atoms with Crippen molar-refractivity contribution >= 4 is 5.69 Å². The first kappa shape index (κ1) is 14.3. The van der Waals surface area contributed by atoms with Crippen LogP contribution in [-0.2, 0) is 0 Å². The first-order valence-corrected chi connectivity index (χ1v) is 7.33. The highest BCUT2D eigenvalue weighted by molar-refractivity contribution is 5.50. The van der Waals surface area contributed by atoms with Crippen molar-refractivity contribution in [3.8, 4) is 0 Å². The fourth-order valence-corrected chi connectivity index (χ4v) is 3.14. The van der Waals surface area contributed by atoms with Crippen LogP contribution in [0.1, 0.15) is 39.5 Å². The van der Waals surface area contributed by atoms with E-state index in [1.807, 2.05) is 12.1 Å². The monoisotopic (exact) mass is 264 g/mol. The topological polar surface area (TPSA) is 29.3 Å². The summed E-state index contributed by atoms with van der Waals surface area (Å²) in [5, 5.41) is 0. The van der Waals surface area contributed by atoms with E-state index >= 15 is 0 Å². The van der Waals surface area contributed by atoms with Gasteiger partial charge < -0.3 is 10.6 Å². The number of benzene rings is 1. The van der Waals surface area contributed by atoms with E-state index in [9.17, 15) is 4.39 Å². The van der Waals surface area contributed by atoms with E-state index in [0.717, 1.165) is 18.9 Å². The summed E-state index contributed by atoms with van der Waals surface area (Å²) >= 11 is 0. The van der Waals surface area contributed by atoms with Crippen LogP contribution in [0.15, 0.2) is 24.3 Å². The number of nitrogens with two attached hydrogens (primary N) is 1. The first-order chi connectivity index (χ1) is 9.10. The van der Waals surface area contributed by atoms with Crippen LogP contribution in [0, 0.1) is 11.7 Å². The summed E-state index contributed by atoms with van der Waals surface area (Å²) < 4.78 is 14.0. The van der Waals surface area contributed by atoms with Gasteiger partial charge in [0.1, 0.15) is 5.82 Å². The van der Waals surface area contributed by atoms with Crippen LogP contribution in [0.3, 0.4) is 0 Å². The second-order valence-electron chi connectivity index (χ2n) is 5.90. The molecular weight excluding hydrogens is 239 g/mol. The molecule has 1 aromatic carbocycles. The van der Waals surface area contributed by atoms with Gasteiger partial charge in [0, 0.05) is 18.6 Å². The zero-order chi connectivity index (χ0) is 13.9. The van der Waals surface area contributed by atoms with E-state index in [1.54, 1.807) is 6.07 Å². The first-order valence-electron chi connectivity index (χ1n) is 7.33. The Morgan fingerprint density at radius 3 is 2.53 bits per heavy atom. The zero-order valence-corrected chi connectivity index (χ0v) is 12.0. The molecule has 2 nitrogen and oxygen atoms in total. The fraction of sp³-hybridized carbons (Fsp3) is 0.625. The molecule has 1 aromatic rings. The standard InChI is InChI=1S/C16H25FN2/c1-3-19(15-10-5-4-9-14(15)17)16(2,12-18)11-13-7-6-8-13/h4-5,9-10,13H,3,6-8,11-12,18H2,1-2H3. The molecule has 0 bridgehead atoms. The van der Waals surface area contributed by atoms with E-state index in [-0.39, 0.29) is 11.4 Å². The molecular formula is C16H25FN2. The molecule has 1 aliphatic rings. The fourth-order valence-electron chi connectivity index (χ4n) is 3.14. The Morgan fingerprint density at radius 2 is 2.05 bits per heavy atom. The third kappa shape index (κ3) is 2.92. The van der Waals surface area contributed by atoms with Gasteiger partial charge in [-0.1, -0.05) is 31.4 Å². The normalized spacial score (nSPS) is 18.7. The minimum Gasteiger partial charge on any atom is -0.363 e. The Kier molecular flexibility index (Phi) is 4.46. The van der Waals surface area contributed by atoms with Crippen molar-refractivity contribution in [3.63, 3.8) is 0 Å². The van der Waals surface area contributed by atoms with Crippen molar-refractivity contribution in [3.05, 3.63) is 30.1 Å². The van der Waals surface area contributed by atoms with Gasteiger partial charge in [0.25, 0.3) is 0 Å². The molecule has 1 atom stereocenters. The number of anilines is 1. The van der Waals surface area contributed by atoms with E-state index in [2.05, 4.69) is 18.7 Å². The highest BCUT2D eigenvalue weighted by atomic mass is 19.1. The molecule has 1 fully saturated rings. The Hall–Kier alpha value is -1.09. The number of rotatable bonds is 6. The Balaban J connectivity index is 2.24. The molecule has 0 amide bonds. The maximum absolute atomic E-state index is 14.0. The van der Waals surface area contributed by atoms with Crippen LogP contribution in [0.4, 0.5) is 10.1 Å². The molecule has 0 heterocycles. The van der Waals surface area contributed by atoms with Gasteiger partial charge in [-0.2, -0.15) is 0 Å². The van der Waals surface area contributed by atoms with E-state index in [4.69, 9.17) is 5.73 Å². The molecule has 0 saturated heterocycles. The maximum atomic E-state index is 14.0. The summed E-state index contributed by atoms with van der Waals surface area (Å²) in [5.41, 5.74) is 6.56. The summed E-state index contributed by atoms with van der Waals surface area (Å²) in [4.78, 5) is 2.14. The molecule has 1 saturated carbocycles. The van der Waals surface area contributed by atoms with E-state index < -0.39 is 0 Å². The number of halogens is 1. The predicted molar refractivity (Wildman–Crippen MR) is 78.8 cm³/mol. The molecule has 0 aromatic heterocycles. The average molecular weight is 264 g/mol. The minimum absolute atomic E-state index is 0.151. The van der Waals surface area contributed by atoms with Crippen LogP contribution in [0.5, 0.6) is 0 Å². The molecule has 0 spiro atoms. The van der Waals surface area contributed by atoms with Gasteiger partial charge in [0.05, 0.1) is 5.69 Å². The third-order valence-electron chi connectivity index (χ3n) is 4.50. The maximum Gasteiger partial charge on any atom is 0.146 e. The average Bonchev–Trinajstić information content (AvgIpc) is 2.37. The largest absolute Gasteiger partial charge is 0.363 e. The number of hydrogen-bond donors (Lipinski definition) is 1. The lowest BCUT2D eigenvalue weighted by atomic mass is 9.75. The van der Waals surface area contributed by atoms with Crippen LogP contribution < -0.4 is 10.6 Å². The molecule has 1 aliphatic carbocycles. The predicted octanol–water partition coefficient (Wildman–Crippen LogP) is 3.56. The van der Waals surface area contributed by atoms with Gasteiger partial charge in [-0.05, 0) is 38.3 Å². The highest BCUT2D eigenvalue weighted by Gasteiger charge is 2.35. The zero-order valence-electron chi connectivity index (χ0n) is 12.0. The van der Waals surface area contributed by atoms with Crippen LogP contribution in [0.25, 0.3) is 0 Å². The third-order valence-corrected chi connectivity index (χ3v) is 4.50. The minimum atomic E-state index is -0.155. The van der Waals surface area contributed by atoms with Crippen molar-refractivity contribution in [2.75, 3.05) is 18.0 Å². The van der Waals surface area contributed by atoms with Crippen LogP contribution in [-0.4, -0.2) is 18.6 Å². The smallest absolute Gasteiger partial charge is 0.146 e. The SMILES string of the molecule is CCN(c1ccccc1F)C(C)(CN)CC1CCC1. The molecule has 0 radical (unpaired) electrons. The second-order valence-corrected chi connectivity index (χ2v) is 5.90. The molecule has 3 heteroatoms. The van der Waals surface area contributed by atoms with Crippen molar-refractivity contribution in [1.29, 1.82) is 0 Å². The molecule has 19 heavy (non-hydrogen) atoms. The van der Waals surface area contributed by atoms with Crippen molar-refractivity contribution in [2.24, 2.45) is 11.7 Å². The van der Waals surface area contributed by atoms with Gasteiger partial charge >= 0.3 is 0 Å². The van der Waals surface area contributed by atoms with Crippen LogP contribution >= 0.6 is 0 Å². The summed E-state index contributed by atoms with van der Waals surface area (Å²) in [6.45, 7) is 5.58. The summed E-state index contributed by atoms with van der Waals surface area (Å²) in [5.74, 6) is 0.604. The van der Waals surface area contributed by atoms with Crippen molar-refractivity contribution in [1.82, 2.24) is 0 Å². The van der Waals surface area contributed by atoms with Gasteiger partial charge in [-0.25, -0.2) is 4.39 Å². The molecule has 106 valence electrons. The molecule has 2 rings (SSSR count). The van der Waals surface area contributed by atoms with Gasteiger partial charge in [-0.3, -0.25) is 0 Å². The Labute approximate surface area is 115 Å². The summed E-state index contributed by atoms with van der Waals surface area (Å²) in [6, 6.07) is 7.01. The van der Waals surface area contributed by atoms with Crippen molar-refractivity contribution < 1.29 is 4.39 Å². The van der Waals surface area contributed by atoms with Gasteiger partial charge in [0.15, 0.2) is 0 Å². The molecule has 2 N–H and O–H groups in total. The Morgan fingerprint density at radius 1 is 1.37 bits per heavy atom. The highest BCUT2D eigenvalue weighted by Crippen LogP contribution is 2.37. The lowest BCUT2D eigenvalue weighted by Gasteiger charge is -2.45. The quantitative estimate of drug-likeness (QED) is 0.851. The van der Waals surface area contributed by atoms with Crippen molar-refractivity contribution in [2.45, 2.75) is 45.1 Å². The lowest BCUT2D eigenvalue weighted by Crippen LogP contribution is -2.53.